The van der Waals surface area contributed by atoms with Crippen molar-refractivity contribution in [2.75, 3.05) is 0 Å². The first-order valence-electron chi connectivity index (χ1n) is 9.71. The third-order valence-electron chi connectivity index (χ3n) is 5.54. The van der Waals surface area contributed by atoms with E-state index in [-0.39, 0.29) is 11.8 Å². The summed E-state index contributed by atoms with van der Waals surface area (Å²) in [5, 5.41) is 10.9. The molecule has 138 valence electrons. The molecular formula is C24H26N2O. The molecule has 3 heteroatoms. The number of hydrogen-bond donors (Lipinski definition) is 1. The molecule has 27 heavy (non-hydrogen) atoms. The van der Waals surface area contributed by atoms with E-state index in [1.54, 1.807) is 0 Å². The summed E-state index contributed by atoms with van der Waals surface area (Å²) >= 11 is 0. The molecule has 4 atom stereocenters. The van der Waals surface area contributed by atoms with Crippen LogP contribution in [0.15, 0.2) is 85.3 Å². The van der Waals surface area contributed by atoms with Crippen molar-refractivity contribution in [3.05, 3.63) is 91.0 Å². The van der Waals surface area contributed by atoms with Gasteiger partial charge in [0.15, 0.2) is 0 Å². The van der Waals surface area contributed by atoms with Gasteiger partial charge in [0, 0.05) is 17.4 Å². The fourth-order valence-corrected chi connectivity index (χ4v) is 4.04. The second-order valence-corrected chi connectivity index (χ2v) is 7.43. The molecule has 1 heterocycles. The van der Waals surface area contributed by atoms with E-state index in [0.717, 1.165) is 23.4 Å². The number of aromatic nitrogens is 2. The highest BCUT2D eigenvalue weighted by Crippen LogP contribution is 2.33. The van der Waals surface area contributed by atoms with Crippen molar-refractivity contribution in [1.29, 1.82) is 0 Å². The van der Waals surface area contributed by atoms with Crippen molar-refractivity contribution in [3.63, 3.8) is 0 Å². The first kappa shape index (κ1) is 17.7. The van der Waals surface area contributed by atoms with Crippen LogP contribution in [0.3, 0.4) is 0 Å². The number of aliphatic hydroxyl groups is 1. The molecule has 0 spiro atoms. The van der Waals surface area contributed by atoms with Gasteiger partial charge >= 0.3 is 0 Å². The zero-order chi connectivity index (χ0) is 18.6. The SMILES string of the molecule is C[C@@H]1C=CC=CC1C(O)Cn1cnc(C2C=CC=CC2)c1-c1ccccc1. The summed E-state index contributed by atoms with van der Waals surface area (Å²) in [4.78, 5) is 4.77. The lowest BCUT2D eigenvalue weighted by Crippen LogP contribution is -2.29. The van der Waals surface area contributed by atoms with Crippen molar-refractivity contribution in [2.45, 2.75) is 31.9 Å². The Morgan fingerprint density at radius 3 is 2.59 bits per heavy atom. The quantitative estimate of drug-likeness (QED) is 0.826. The van der Waals surface area contributed by atoms with Gasteiger partial charge in [-0.2, -0.15) is 0 Å². The molecule has 0 saturated carbocycles. The summed E-state index contributed by atoms with van der Waals surface area (Å²) in [5.41, 5.74) is 3.34. The van der Waals surface area contributed by atoms with E-state index in [0.29, 0.717) is 12.5 Å². The van der Waals surface area contributed by atoms with Crippen LogP contribution in [0.4, 0.5) is 0 Å². The Hall–Kier alpha value is -2.65. The largest absolute Gasteiger partial charge is 0.391 e. The van der Waals surface area contributed by atoms with Gasteiger partial charge in [0.25, 0.3) is 0 Å². The van der Waals surface area contributed by atoms with E-state index in [4.69, 9.17) is 4.98 Å². The maximum atomic E-state index is 10.9. The van der Waals surface area contributed by atoms with Crippen LogP contribution in [-0.2, 0) is 6.54 Å². The lowest BCUT2D eigenvalue weighted by Gasteiger charge is -2.27. The molecule has 1 aromatic carbocycles. The minimum atomic E-state index is -0.451. The highest BCUT2D eigenvalue weighted by atomic mass is 16.3. The summed E-state index contributed by atoms with van der Waals surface area (Å²) < 4.78 is 2.13. The molecular weight excluding hydrogens is 332 g/mol. The van der Waals surface area contributed by atoms with Crippen LogP contribution in [0.2, 0.25) is 0 Å². The Morgan fingerprint density at radius 1 is 1.07 bits per heavy atom. The summed E-state index contributed by atoms with van der Waals surface area (Å²) in [6, 6.07) is 10.4. The van der Waals surface area contributed by atoms with Crippen LogP contribution in [0.5, 0.6) is 0 Å². The molecule has 3 unspecified atom stereocenters. The maximum absolute atomic E-state index is 10.9. The van der Waals surface area contributed by atoms with Gasteiger partial charge in [0.1, 0.15) is 0 Å². The van der Waals surface area contributed by atoms with Crippen LogP contribution in [0, 0.1) is 11.8 Å². The number of nitrogens with zero attached hydrogens (tertiary/aromatic N) is 2. The molecule has 2 aromatic rings. The smallest absolute Gasteiger partial charge is 0.0955 e. The second kappa shape index (κ2) is 7.93. The molecule has 3 nitrogen and oxygen atoms in total. The molecule has 2 aliphatic carbocycles. The third-order valence-corrected chi connectivity index (χ3v) is 5.54. The average Bonchev–Trinajstić information content (AvgIpc) is 3.13. The zero-order valence-electron chi connectivity index (χ0n) is 15.6. The predicted octanol–water partition coefficient (Wildman–Crippen LogP) is 4.89. The van der Waals surface area contributed by atoms with Gasteiger partial charge in [0.2, 0.25) is 0 Å². The predicted molar refractivity (Wildman–Crippen MR) is 110 cm³/mol. The highest BCUT2D eigenvalue weighted by molar-refractivity contribution is 5.64. The van der Waals surface area contributed by atoms with Crippen molar-refractivity contribution in [1.82, 2.24) is 9.55 Å². The van der Waals surface area contributed by atoms with Gasteiger partial charge < -0.3 is 9.67 Å². The Bertz CT molecular complexity index is 888. The molecule has 0 radical (unpaired) electrons. The molecule has 1 N–H and O–H groups in total. The fourth-order valence-electron chi connectivity index (χ4n) is 4.04. The Labute approximate surface area is 161 Å². The van der Waals surface area contributed by atoms with E-state index < -0.39 is 6.10 Å². The Kier molecular flexibility index (Phi) is 5.21. The summed E-state index contributed by atoms with van der Waals surface area (Å²) in [7, 11) is 0. The van der Waals surface area contributed by atoms with E-state index in [1.165, 1.54) is 0 Å². The van der Waals surface area contributed by atoms with Crippen molar-refractivity contribution < 1.29 is 5.11 Å². The van der Waals surface area contributed by atoms with E-state index in [1.807, 2.05) is 18.5 Å². The van der Waals surface area contributed by atoms with Crippen molar-refractivity contribution in [3.8, 4) is 11.3 Å². The molecule has 0 aliphatic heterocycles. The molecule has 1 aromatic heterocycles. The van der Waals surface area contributed by atoms with E-state index in [9.17, 15) is 5.11 Å². The lowest BCUT2D eigenvalue weighted by molar-refractivity contribution is 0.0954. The third kappa shape index (κ3) is 3.74. The second-order valence-electron chi connectivity index (χ2n) is 7.43. The van der Waals surface area contributed by atoms with E-state index >= 15 is 0 Å². The average molecular weight is 358 g/mol. The minimum Gasteiger partial charge on any atom is -0.391 e. The number of aliphatic hydroxyl groups excluding tert-OH is 1. The maximum Gasteiger partial charge on any atom is 0.0955 e. The van der Waals surface area contributed by atoms with Gasteiger partial charge in [0.05, 0.1) is 30.4 Å². The highest BCUT2D eigenvalue weighted by Gasteiger charge is 2.26. The Morgan fingerprint density at radius 2 is 1.85 bits per heavy atom. The molecule has 4 rings (SSSR count). The summed E-state index contributed by atoms with van der Waals surface area (Å²) in [5.74, 6) is 0.738. The summed E-state index contributed by atoms with van der Waals surface area (Å²) in [6.45, 7) is 2.70. The molecule has 0 bridgehead atoms. The van der Waals surface area contributed by atoms with Gasteiger partial charge in [-0.1, -0.05) is 85.9 Å². The van der Waals surface area contributed by atoms with Gasteiger partial charge in [-0.15, -0.1) is 0 Å². The van der Waals surface area contributed by atoms with Crippen LogP contribution >= 0.6 is 0 Å². The van der Waals surface area contributed by atoms with Crippen molar-refractivity contribution >= 4 is 0 Å². The van der Waals surface area contributed by atoms with Crippen LogP contribution in [0.25, 0.3) is 11.3 Å². The monoisotopic (exact) mass is 358 g/mol. The van der Waals surface area contributed by atoms with Gasteiger partial charge in [-0.05, 0) is 12.3 Å². The molecule has 0 saturated heterocycles. The fraction of sp³-hybridized carbons (Fsp3) is 0.292. The van der Waals surface area contributed by atoms with Gasteiger partial charge in [-0.3, -0.25) is 0 Å². The normalized spacial score (nSPS) is 25.0. The standard InChI is InChI=1S/C24H26N2O/c1-18-10-8-9-15-21(18)22(27)16-26-17-25-23(19-11-4-2-5-12-19)24(26)20-13-6-3-7-14-20/h2-11,13-15,17-19,21-22,27H,12,16H2,1H3/t18-,19?,21?,22?/m1/s1. The number of hydrogen-bond acceptors (Lipinski definition) is 2. The minimum absolute atomic E-state index is 0.127. The first-order chi connectivity index (χ1) is 13.2. The van der Waals surface area contributed by atoms with Crippen LogP contribution in [0.1, 0.15) is 25.0 Å². The van der Waals surface area contributed by atoms with Crippen LogP contribution in [-0.4, -0.2) is 20.8 Å². The molecule has 2 aliphatic rings. The van der Waals surface area contributed by atoms with Gasteiger partial charge in [-0.25, -0.2) is 4.98 Å². The number of allylic oxidation sites excluding steroid dienone is 7. The topological polar surface area (TPSA) is 38.0 Å². The van der Waals surface area contributed by atoms with Crippen LogP contribution < -0.4 is 0 Å². The number of rotatable bonds is 5. The molecule has 0 fully saturated rings. The summed E-state index contributed by atoms with van der Waals surface area (Å²) in [6.07, 6.45) is 19.3. The number of imidazole rings is 1. The Balaban J connectivity index is 1.67. The number of benzene rings is 1. The first-order valence-corrected chi connectivity index (χ1v) is 9.71. The van der Waals surface area contributed by atoms with Crippen molar-refractivity contribution in [2.24, 2.45) is 11.8 Å². The lowest BCUT2D eigenvalue weighted by atomic mass is 9.85. The molecule has 0 amide bonds. The van der Waals surface area contributed by atoms with E-state index in [2.05, 4.69) is 78.3 Å². The zero-order valence-corrected chi connectivity index (χ0v) is 15.6.